The van der Waals surface area contributed by atoms with E-state index in [1.165, 1.54) is 11.3 Å². The van der Waals surface area contributed by atoms with Crippen molar-refractivity contribution in [2.75, 3.05) is 10.6 Å². The third kappa shape index (κ3) is 11.4. The topological polar surface area (TPSA) is 136 Å². The van der Waals surface area contributed by atoms with E-state index >= 15 is 0 Å². The fourth-order valence-corrected chi connectivity index (χ4v) is 5.61. The van der Waals surface area contributed by atoms with Crippen LogP contribution in [0.1, 0.15) is 81.3 Å². The Morgan fingerprint density at radius 1 is 0.739 bits per heavy atom. The maximum absolute atomic E-state index is 12.8. The average molecular weight is 643 g/mol. The van der Waals surface area contributed by atoms with Crippen molar-refractivity contribution in [1.29, 1.82) is 0 Å². The van der Waals surface area contributed by atoms with E-state index < -0.39 is 11.0 Å². The Labute approximate surface area is 274 Å². The molecule has 0 aliphatic rings. The summed E-state index contributed by atoms with van der Waals surface area (Å²) in [5.74, 6) is -0.171. The lowest BCUT2D eigenvalue weighted by Crippen LogP contribution is -2.29. The van der Waals surface area contributed by atoms with Gasteiger partial charge < -0.3 is 15.4 Å². The summed E-state index contributed by atoms with van der Waals surface area (Å²) in [6, 6.07) is 20.9. The van der Waals surface area contributed by atoms with E-state index in [2.05, 4.69) is 31.0 Å². The monoisotopic (exact) mass is 642 g/mol. The summed E-state index contributed by atoms with van der Waals surface area (Å²) in [6.07, 6.45) is 3.98. The first kappa shape index (κ1) is 34.4. The zero-order valence-electron chi connectivity index (χ0n) is 27.1. The van der Waals surface area contributed by atoms with Crippen LogP contribution in [0.4, 0.5) is 10.9 Å². The van der Waals surface area contributed by atoms with Crippen molar-refractivity contribution in [3.63, 3.8) is 0 Å². The van der Waals surface area contributed by atoms with Crippen LogP contribution in [-0.2, 0) is 50.2 Å². The van der Waals surface area contributed by atoms with Gasteiger partial charge in [0.1, 0.15) is 10.6 Å². The Bertz CT molecular complexity index is 1610. The molecular weight excluding hydrogens is 600 g/mol. The number of hydrogen-bond acceptors (Lipinski definition) is 9. The molecule has 2 heterocycles. The number of carbonyl (C=O) groups is 3. The summed E-state index contributed by atoms with van der Waals surface area (Å²) in [5, 5.41) is 23.8. The lowest BCUT2D eigenvalue weighted by atomic mass is 9.81. The molecule has 2 N–H and O–H groups in total. The Morgan fingerprint density at radius 2 is 1.43 bits per heavy atom. The van der Waals surface area contributed by atoms with Crippen molar-refractivity contribution in [3.05, 3.63) is 94.1 Å². The van der Waals surface area contributed by atoms with Crippen LogP contribution in [0.15, 0.2) is 66.7 Å². The van der Waals surface area contributed by atoms with Crippen molar-refractivity contribution in [3.8, 4) is 0 Å². The predicted octanol–water partition coefficient (Wildman–Crippen LogP) is 6.27. The second-order valence-corrected chi connectivity index (χ2v) is 14.0. The third-order valence-electron chi connectivity index (χ3n) is 7.06. The predicted molar refractivity (Wildman–Crippen MR) is 180 cm³/mol. The van der Waals surface area contributed by atoms with Crippen LogP contribution >= 0.6 is 11.3 Å². The van der Waals surface area contributed by atoms with Gasteiger partial charge in [-0.3, -0.25) is 14.4 Å². The minimum Gasteiger partial charge on any atom is -0.460 e. The summed E-state index contributed by atoms with van der Waals surface area (Å²) in [4.78, 5) is 37.5. The summed E-state index contributed by atoms with van der Waals surface area (Å²) in [5.41, 5.74) is 2.60. The van der Waals surface area contributed by atoms with Gasteiger partial charge in [-0.05, 0) is 68.9 Å². The van der Waals surface area contributed by atoms with Crippen molar-refractivity contribution >= 4 is 40.1 Å². The second-order valence-electron chi connectivity index (χ2n) is 12.9. The van der Waals surface area contributed by atoms with Crippen LogP contribution in [0.3, 0.4) is 0 Å². The number of aryl methyl sites for hydroxylation is 2. The zero-order chi connectivity index (χ0) is 33.2. The number of ether oxygens (including phenoxy) is 1. The number of amides is 2. The molecule has 0 bridgehead atoms. The molecule has 0 aliphatic heterocycles. The van der Waals surface area contributed by atoms with E-state index in [1.807, 2.05) is 95.3 Å². The molecule has 46 heavy (non-hydrogen) atoms. The maximum atomic E-state index is 12.8. The Morgan fingerprint density at radius 3 is 2.15 bits per heavy atom. The summed E-state index contributed by atoms with van der Waals surface area (Å²) in [7, 11) is 0. The van der Waals surface area contributed by atoms with E-state index in [9.17, 15) is 14.4 Å². The highest BCUT2D eigenvalue weighted by Gasteiger charge is 2.28. The van der Waals surface area contributed by atoms with Gasteiger partial charge in [0.15, 0.2) is 5.82 Å². The second kappa shape index (κ2) is 15.7. The number of nitrogens with one attached hydrogen (secondary N) is 2. The Hall–Kier alpha value is -4.51. The van der Waals surface area contributed by atoms with E-state index in [0.717, 1.165) is 53.1 Å². The number of rotatable bonds is 14. The quantitative estimate of drug-likeness (QED) is 0.121. The van der Waals surface area contributed by atoms with E-state index in [-0.39, 0.29) is 30.6 Å². The van der Waals surface area contributed by atoms with Gasteiger partial charge in [0, 0.05) is 11.8 Å². The molecule has 2 amide bonds. The molecule has 10 nitrogen and oxygen atoms in total. The summed E-state index contributed by atoms with van der Waals surface area (Å²) in [6.45, 7) is 9.55. The van der Waals surface area contributed by atoms with E-state index in [4.69, 9.17) is 4.74 Å². The van der Waals surface area contributed by atoms with Crippen molar-refractivity contribution in [1.82, 2.24) is 20.4 Å². The number of hydrogen-bond donors (Lipinski definition) is 2. The van der Waals surface area contributed by atoms with Crippen LogP contribution in [0.25, 0.3) is 0 Å². The minimum atomic E-state index is -0.537. The van der Waals surface area contributed by atoms with Crippen LogP contribution in [0, 0.1) is 0 Å². The molecular formula is C35H42N6O4S. The van der Waals surface area contributed by atoms with Gasteiger partial charge in [-0.15, -0.1) is 15.3 Å². The molecule has 0 aliphatic carbocycles. The average Bonchev–Trinajstić information content (AvgIpc) is 3.42. The molecule has 0 radical (unpaired) electrons. The molecule has 0 spiro atoms. The molecule has 0 saturated heterocycles. The highest BCUT2D eigenvalue weighted by Crippen LogP contribution is 2.29. The molecule has 242 valence electrons. The number of benzene rings is 2. The number of carbonyl (C=O) groups excluding carboxylic acids is 3. The largest absolute Gasteiger partial charge is 0.460 e. The van der Waals surface area contributed by atoms with Gasteiger partial charge >= 0.3 is 5.97 Å². The number of esters is 1. The smallest absolute Gasteiger partial charge is 0.307 e. The lowest BCUT2D eigenvalue weighted by molar-refractivity contribution is -0.156. The number of aromatic nitrogens is 4. The first-order valence-electron chi connectivity index (χ1n) is 15.4. The highest BCUT2D eigenvalue weighted by atomic mass is 32.1. The molecule has 0 unspecified atom stereocenters. The van der Waals surface area contributed by atoms with Gasteiger partial charge in [-0.2, -0.15) is 5.10 Å². The first-order chi connectivity index (χ1) is 21.8. The minimum absolute atomic E-state index is 0.113. The van der Waals surface area contributed by atoms with Crippen LogP contribution < -0.4 is 10.6 Å². The summed E-state index contributed by atoms with van der Waals surface area (Å²) >= 11 is 1.39. The number of nitrogens with zero attached hydrogens (tertiary/aromatic N) is 4. The van der Waals surface area contributed by atoms with Crippen LogP contribution in [0.5, 0.6) is 0 Å². The van der Waals surface area contributed by atoms with Gasteiger partial charge in [-0.25, -0.2) is 0 Å². The fraction of sp³-hybridized carbons (Fsp3) is 0.400. The molecule has 11 heteroatoms. The van der Waals surface area contributed by atoms with E-state index in [1.54, 1.807) is 6.07 Å². The van der Waals surface area contributed by atoms with Crippen LogP contribution in [0.2, 0.25) is 0 Å². The molecule has 0 fully saturated rings. The Balaban J connectivity index is 1.18. The van der Waals surface area contributed by atoms with Crippen molar-refractivity contribution in [2.24, 2.45) is 0 Å². The SMILES string of the molecule is CC(C)(C)OC(=O)CC(C)(C)c1cccc(CC(=O)Nc2ccc(CCCCc3nnc(NC(=O)Cc4ccccc4)s3)nn2)c1. The van der Waals surface area contributed by atoms with Crippen molar-refractivity contribution in [2.45, 2.75) is 90.6 Å². The molecule has 4 rings (SSSR count). The molecule has 0 saturated carbocycles. The lowest BCUT2D eigenvalue weighted by Gasteiger charge is -2.27. The van der Waals surface area contributed by atoms with Crippen LogP contribution in [-0.4, -0.2) is 43.8 Å². The molecule has 2 aromatic carbocycles. The van der Waals surface area contributed by atoms with Gasteiger partial charge in [0.25, 0.3) is 0 Å². The highest BCUT2D eigenvalue weighted by molar-refractivity contribution is 7.15. The molecule has 2 aromatic heterocycles. The fourth-order valence-electron chi connectivity index (χ4n) is 4.81. The summed E-state index contributed by atoms with van der Waals surface area (Å²) < 4.78 is 5.50. The third-order valence-corrected chi connectivity index (χ3v) is 7.96. The number of anilines is 2. The first-order valence-corrected chi connectivity index (χ1v) is 16.3. The molecule has 0 atom stereocenters. The standard InChI is InChI=1S/C35H42N6O4S/c1-34(2,3)45-32(44)23-35(4,5)26-15-11-14-25(20-26)22-29(42)36-28-19-18-27(38-39-28)16-9-10-17-31-40-41-33(46-31)37-30(43)21-24-12-7-6-8-13-24/h6-8,11-15,18-20H,9-10,16-17,21-23H2,1-5H3,(H,36,39,42)(H,37,41,43). The zero-order valence-corrected chi connectivity index (χ0v) is 27.9. The normalized spacial score (nSPS) is 11.6. The van der Waals surface area contributed by atoms with Crippen molar-refractivity contribution < 1.29 is 19.1 Å². The molecule has 4 aromatic rings. The Kier molecular flexibility index (Phi) is 11.7. The van der Waals surface area contributed by atoms with Gasteiger partial charge in [0.05, 0.1) is 25.0 Å². The van der Waals surface area contributed by atoms with E-state index in [0.29, 0.717) is 17.4 Å². The van der Waals surface area contributed by atoms with Gasteiger partial charge in [0.2, 0.25) is 16.9 Å². The number of unbranched alkanes of at least 4 members (excludes halogenated alkanes) is 1. The van der Waals surface area contributed by atoms with Gasteiger partial charge in [-0.1, -0.05) is 79.8 Å². The maximum Gasteiger partial charge on any atom is 0.307 e.